The summed E-state index contributed by atoms with van der Waals surface area (Å²) in [5, 5.41) is 16.0. The van der Waals surface area contributed by atoms with Gasteiger partial charge in [-0.25, -0.2) is 8.78 Å². The van der Waals surface area contributed by atoms with Crippen molar-refractivity contribution in [2.75, 3.05) is 20.3 Å². The molecule has 34 heavy (non-hydrogen) atoms. The Labute approximate surface area is 202 Å². The third kappa shape index (κ3) is 5.62. The number of halogens is 2. The summed E-state index contributed by atoms with van der Waals surface area (Å²) in [7, 11) is 1.68. The van der Waals surface area contributed by atoms with Gasteiger partial charge in [0.2, 0.25) is 0 Å². The van der Waals surface area contributed by atoms with Crippen LogP contribution < -0.4 is 0 Å². The fourth-order valence-corrected chi connectivity index (χ4v) is 4.70. The lowest BCUT2D eigenvalue weighted by atomic mass is 9.84. The van der Waals surface area contributed by atoms with Gasteiger partial charge in [-0.1, -0.05) is 24.3 Å². The fraction of sp³-hybridized carbons (Fsp3) is 0.259. The average Bonchev–Trinajstić information content (AvgIpc) is 3.51. The third-order valence-corrected chi connectivity index (χ3v) is 6.42. The van der Waals surface area contributed by atoms with Gasteiger partial charge in [0.15, 0.2) is 5.60 Å². The van der Waals surface area contributed by atoms with Gasteiger partial charge >= 0.3 is 0 Å². The highest BCUT2D eigenvalue weighted by Gasteiger charge is 2.38. The van der Waals surface area contributed by atoms with Crippen LogP contribution in [0, 0.1) is 11.6 Å². The summed E-state index contributed by atoms with van der Waals surface area (Å²) in [6.07, 6.45) is 0.866. The summed E-state index contributed by atoms with van der Waals surface area (Å²) >= 11 is 1.65. The first-order chi connectivity index (χ1) is 16.5. The average molecular weight is 484 g/mol. The summed E-state index contributed by atoms with van der Waals surface area (Å²) in [6.45, 7) is 2.73. The van der Waals surface area contributed by atoms with Crippen LogP contribution in [-0.2, 0) is 23.4 Å². The minimum atomic E-state index is -1.85. The van der Waals surface area contributed by atoms with Crippen LogP contribution in [0.5, 0.6) is 0 Å². The molecule has 4 rings (SSSR count). The molecule has 4 nitrogen and oxygen atoms in total. The molecule has 2 heterocycles. The van der Waals surface area contributed by atoms with E-state index in [-0.39, 0.29) is 16.9 Å². The first kappa shape index (κ1) is 24.3. The summed E-state index contributed by atoms with van der Waals surface area (Å²) in [5.74, 6) is -0.154. The van der Waals surface area contributed by atoms with Crippen LogP contribution in [0.2, 0.25) is 0 Å². The molecule has 178 valence electrons. The molecule has 0 aliphatic rings. The molecule has 0 aliphatic heterocycles. The summed E-state index contributed by atoms with van der Waals surface area (Å²) in [4.78, 5) is 2.24. The second-order valence-electron chi connectivity index (χ2n) is 8.19. The van der Waals surface area contributed by atoms with E-state index in [4.69, 9.17) is 9.15 Å². The van der Waals surface area contributed by atoms with Crippen LogP contribution in [0.15, 0.2) is 81.9 Å². The number of benzene rings is 2. The molecule has 0 aliphatic carbocycles. The van der Waals surface area contributed by atoms with Crippen molar-refractivity contribution in [3.8, 4) is 0 Å². The number of methoxy groups -OCH3 is 1. The van der Waals surface area contributed by atoms with E-state index in [1.165, 1.54) is 42.0 Å². The summed E-state index contributed by atoms with van der Waals surface area (Å²) in [6, 6.07) is 16.9. The number of furan rings is 1. The molecule has 0 radical (unpaired) electrons. The standard InChI is InChI=1S/C27H27F2NO3S/c1-32-13-4-12-30(17-20-11-14-34-19-20)18-25-9-10-26(33-25)27(31,21-5-2-7-23(28)15-21)22-6-3-8-24(29)16-22/h2-3,5-11,14-16,19,31H,4,12-13,17-18H2,1H3. The number of rotatable bonds is 11. The highest BCUT2D eigenvalue weighted by Crippen LogP contribution is 2.38. The van der Waals surface area contributed by atoms with E-state index in [2.05, 4.69) is 16.3 Å². The van der Waals surface area contributed by atoms with E-state index in [1.54, 1.807) is 42.7 Å². The van der Waals surface area contributed by atoms with Gasteiger partial charge in [0.25, 0.3) is 0 Å². The first-order valence-corrected chi connectivity index (χ1v) is 12.0. The Hall–Kier alpha value is -2.84. The lowest BCUT2D eigenvalue weighted by Gasteiger charge is -2.27. The van der Waals surface area contributed by atoms with Crippen molar-refractivity contribution in [2.45, 2.75) is 25.1 Å². The quantitative estimate of drug-likeness (QED) is 0.268. The van der Waals surface area contributed by atoms with Crippen molar-refractivity contribution in [1.29, 1.82) is 0 Å². The number of ether oxygens (including phenoxy) is 1. The molecule has 4 aromatic rings. The predicted octanol–water partition coefficient (Wildman–Crippen LogP) is 5.94. The lowest BCUT2D eigenvalue weighted by molar-refractivity contribution is 0.0941. The predicted molar refractivity (Wildman–Crippen MR) is 129 cm³/mol. The number of nitrogens with zero attached hydrogens (tertiary/aromatic N) is 1. The molecule has 0 saturated heterocycles. The molecule has 0 amide bonds. The highest BCUT2D eigenvalue weighted by atomic mass is 32.1. The molecule has 0 fully saturated rings. The minimum absolute atomic E-state index is 0.200. The molecule has 0 spiro atoms. The molecule has 1 N–H and O–H groups in total. The normalized spacial score (nSPS) is 11.9. The van der Waals surface area contributed by atoms with Gasteiger partial charge in [0.1, 0.15) is 23.2 Å². The molecule has 0 bridgehead atoms. The minimum Gasteiger partial charge on any atom is -0.461 e. The van der Waals surface area contributed by atoms with Gasteiger partial charge in [0.05, 0.1) is 6.54 Å². The van der Waals surface area contributed by atoms with Crippen molar-refractivity contribution in [2.24, 2.45) is 0 Å². The zero-order valence-corrected chi connectivity index (χ0v) is 19.7. The van der Waals surface area contributed by atoms with Crippen molar-refractivity contribution >= 4 is 11.3 Å². The number of hydrogen-bond donors (Lipinski definition) is 1. The molecule has 0 atom stereocenters. The van der Waals surface area contributed by atoms with Crippen LogP contribution in [0.4, 0.5) is 8.78 Å². The number of thiophene rings is 1. The van der Waals surface area contributed by atoms with E-state index < -0.39 is 17.2 Å². The highest BCUT2D eigenvalue weighted by molar-refractivity contribution is 7.07. The smallest absolute Gasteiger partial charge is 0.173 e. The van der Waals surface area contributed by atoms with Gasteiger partial charge in [-0.3, -0.25) is 4.90 Å². The van der Waals surface area contributed by atoms with E-state index in [1.807, 2.05) is 5.38 Å². The maximum atomic E-state index is 14.1. The largest absolute Gasteiger partial charge is 0.461 e. The van der Waals surface area contributed by atoms with Crippen LogP contribution >= 0.6 is 11.3 Å². The zero-order chi connectivity index (χ0) is 24.0. The Bertz CT molecular complexity index is 1150. The van der Waals surface area contributed by atoms with Gasteiger partial charge in [-0.2, -0.15) is 11.3 Å². The SMILES string of the molecule is COCCCN(Cc1ccsc1)Cc1ccc(C(O)(c2cccc(F)c2)c2cccc(F)c2)o1. The Morgan fingerprint density at radius 2 is 1.68 bits per heavy atom. The maximum Gasteiger partial charge on any atom is 0.173 e. The Morgan fingerprint density at radius 3 is 2.26 bits per heavy atom. The van der Waals surface area contributed by atoms with Crippen molar-refractivity contribution in [3.63, 3.8) is 0 Å². The topological polar surface area (TPSA) is 45.8 Å². The van der Waals surface area contributed by atoms with Crippen LogP contribution in [0.25, 0.3) is 0 Å². The molecule has 0 unspecified atom stereocenters. The van der Waals surface area contributed by atoms with Crippen molar-refractivity contribution < 1.29 is 23.0 Å². The zero-order valence-electron chi connectivity index (χ0n) is 18.9. The van der Waals surface area contributed by atoms with Crippen LogP contribution in [0.1, 0.15) is 34.6 Å². The Morgan fingerprint density at radius 1 is 0.971 bits per heavy atom. The van der Waals surface area contributed by atoms with Crippen LogP contribution in [-0.4, -0.2) is 30.3 Å². The van der Waals surface area contributed by atoms with Gasteiger partial charge < -0.3 is 14.3 Å². The molecule has 2 aromatic heterocycles. The molecule has 0 saturated carbocycles. The van der Waals surface area contributed by atoms with Crippen molar-refractivity contribution in [1.82, 2.24) is 4.90 Å². The Kier molecular flexibility index (Phi) is 7.90. The van der Waals surface area contributed by atoms with Gasteiger partial charge in [-0.15, -0.1) is 0 Å². The summed E-state index contributed by atoms with van der Waals surface area (Å²) < 4.78 is 39.5. The van der Waals surface area contributed by atoms with E-state index in [0.29, 0.717) is 18.9 Å². The third-order valence-electron chi connectivity index (χ3n) is 5.69. The molecular weight excluding hydrogens is 456 g/mol. The summed E-state index contributed by atoms with van der Waals surface area (Å²) in [5.41, 5.74) is -0.120. The number of hydrogen-bond acceptors (Lipinski definition) is 5. The number of aliphatic hydroxyl groups is 1. The maximum absolute atomic E-state index is 14.1. The van der Waals surface area contributed by atoms with Gasteiger partial charge in [-0.05, 0) is 76.3 Å². The van der Waals surface area contributed by atoms with Crippen molar-refractivity contribution in [3.05, 3.63) is 117 Å². The molecular formula is C27H27F2NO3S. The van der Waals surface area contributed by atoms with E-state index in [0.717, 1.165) is 19.5 Å². The second-order valence-corrected chi connectivity index (χ2v) is 8.97. The Balaban J connectivity index is 1.65. The van der Waals surface area contributed by atoms with Gasteiger partial charge in [0, 0.05) is 26.8 Å². The lowest BCUT2D eigenvalue weighted by Crippen LogP contribution is -2.29. The fourth-order valence-electron chi connectivity index (χ4n) is 4.04. The van der Waals surface area contributed by atoms with Crippen LogP contribution in [0.3, 0.4) is 0 Å². The first-order valence-electron chi connectivity index (χ1n) is 11.0. The molecule has 2 aromatic carbocycles. The monoisotopic (exact) mass is 483 g/mol. The molecule has 7 heteroatoms. The second kappa shape index (κ2) is 11.1. The van der Waals surface area contributed by atoms with E-state index >= 15 is 0 Å². The van der Waals surface area contributed by atoms with E-state index in [9.17, 15) is 13.9 Å².